The van der Waals surface area contributed by atoms with Crippen LogP contribution in [-0.4, -0.2) is 0 Å². The number of hydrogen-bond acceptors (Lipinski definition) is 3. The molecule has 0 saturated carbocycles. The summed E-state index contributed by atoms with van der Waals surface area (Å²) in [5.41, 5.74) is 0. The third-order valence-electron chi connectivity index (χ3n) is 2.69. The molecule has 0 aromatic heterocycles. The Bertz CT molecular complexity index is 142. The molecular formula is C16H34NdO3P-3. The van der Waals surface area contributed by atoms with E-state index in [9.17, 15) is 0 Å². The van der Waals surface area contributed by atoms with Gasteiger partial charge < -0.3 is 22.6 Å². The number of rotatable bonds is 10. The average Bonchev–Trinajstić information content (AvgIpc) is 2.40. The first-order valence-corrected chi connectivity index (χ1v) is 9.03. The third-order valence-corrected chi connectivity index (χ3v) is 2.69. The zero-order valence-electron chi connectivity index (χ0n) is 14.4. The molecule has 0 fully saturated rings. The Labute approximate surface area is 167 Å². The summed E-state index contributed by atoms with van der Waals surface area (Å²) in [6.07, 6.45) is 18.2. The molecule has 0 radical (unpaired) electrons. The van der Waals surface area contributed by atoms with Crippen LogP contribution in [0, 0.1) is 53.7 Å². The largest absolute Gasteiger partial charge is 0.598 e. The Kier molecular flexibility index (Phi) is 47.7. The van der Waals surface area contributed by atoms with Crippen LogP contribution in [0.3, 0.4) is 0 Å². The van der Waals surface area contributed by atoms with E-state index in [0.29, 0.717) is 0 Å². The molecule has 3 nitrogen and oxygen atoms in total. The van der Waals surface area contributed by atoms with Crippen molar-refractivity contribution in [1.29, 1.82) is 0 Å². The van der Waals surface area contributed by atoms with E-state index in [1.807, 2.05) is 0 Å². The Morgan fingerprint density at radius 1 is 0.762 bits per heavy atom. The fourth-order valence-corrected chi connectivity index (χ4v) is 1.55. The molecule has 0 atom stereocenters. The summed E-state index contributed by atoms with van der Waals surface area (Å²) in [6, 6.07) is 0. The second-order valence-corrected chi connectivity index (χ2v) is 5.19. The minimum Gasteiger partial charge on any atom is -0.598 e. The molecule has 21 heavy (non-hydrogen) atoms. The zero-order chi connectivity index (χ0) is 16.1. The molecule has 0 heterocycles. The van der Waals surface area contributed by atoms with Crippen LogP contribution in [-0.2, 0) is 4.57 Å². The van der Waals surface area contributed by atoms with Gasteiger partial charge in [0.25, 0.3) is 8.25 Å². The molecule has 0 saturated heterocycles. The van der Waals surface area contributed by atoms with Gasteiger partial charge in [-0.1, -0.05) is 69.8 Å². The molecule has 0 aromatic carbocycles. The Morgan fingerprint density at radius 3 is 1.24 bits per heavy atom. The van der Waals surface area contributed by atoms with Crippen LogP contribution >= 0.6 is 8.25 Å². The quantitative estimate of drug-likeness (QED) is 0.275. The van der Waals surface area contributed by atoms with Crippen LogP contribution < -0.4 is 9.79 Å². The van der Waals surface area contributed by atoms with Crippen molar-refractivity contribution in [1.82, 2.24) is 0 Å². The van der Waals surface area contributed by atoms with Gasteiger partial charge in [0.15, 0.2) is 0 Å². The van der Waals surface area contributed by atoms with E-state index in [-0.39, 0.29) is 40.8 Å². The summed E-state index contributed by atoms with van der Waals surface area (Å²) < 4.78 is 8.48. The van der Waals surface area contributed by atoms with Crippen molar-refractivity contribution >= 4 is 8.25 Å². The number of unbranched alkanes of at least 4 members (excludes halogenated alkanes) is 10. The monoisotopic (exact) mass is 447 g/mol. The van der Waals surface area contributed by atoms with Gasteiger partial charge in [-0.3, -0.25) is 0 Å². The van der Waals surface area contributed by atoms with E-state index in [0.717, 1.165) is 0 Å². The third kappa shape index (κ3) is 62.0. The van der Waals surface area contributed by atoms with E-state index in [1.54, 1.807) is 0 Å². The molecule has 0 aromatic rings. The first-order chi connectivity index (χ1) is 9.56. The Hall–Kier alpha value is 1.37. The van der Waals surface area contributed by atoms with E-state index in [4.69, 9.17) is 14.4 Å². The summed E-state index contributed by atoms with van der Waals surface area (Å²) in [5, 5.41) is 0. The van der Waals surface area contributed by atoms with Crippen LogP contribution in [0.1, 0.15) is 91.9 Å². The maximum absolute atomic E-state index is 8.48. The van der Waals surface area contributed by atoms with Crippen molar-refractivity contribution in [2.75, 3.05) is 0 Å². The average molecular weight is 450 g/mol. The minimum atomic E-state index is -3.37. The molecule has 0 aliphatic rings. The first-order valence-electron chi connectivity index (χ1n) is 7.93. The molecule has 128 valence electrons. The van der Waals surface area contributed by atoms with Gasteiger partial charge in [0.2, 0.25) is 0 Å². The van der Waals surface area contributed by atoms with Crippen molar-refractivity contribution in [3.8, 4) is 0 Å². The molecule has 0 spiro atoms. The van der Waals surface area contributed by atoms with Gasteiger partial charge in [-0.05, 0) is 0 Å². The molecule has 0 N–H and O–H groups in total. The molecule has 0 unspecified atom stereocenters. The van der Waals surface area contributed by atoms with Crippen LogP contribution in [0.4, 0.5) is 0 Å². The summed E-state index contributed by atoms with van der Waals surface area (Å²) in [5.74, 6) is 0. The van der Waals surface area contributed by atoms with Crippen LogP contribution in [0.25, 0.3) is 0 Å². The van der Waals surface area contributed by atoms with Gasteiger partial charge in [0, 0.05) is 40.8 Å². The summed E-state index contributed by atoms with van der Waals surface area (Å²) in [7, 11) is -3.37. The van der Waals surface area contributed by atoms with Crippen molar-refractivity contribution in [2.24, 2.45) is 0 Å². The van der Waals surface area contributed by atoms with Gasteiger partial charge >= 0.3 is 0 Å². The fourth-order valence-electron chi connectivity index (χ4n) is 1.55. The van der Waals surface area contributed by atoms with Gasteiger partial charge in [-0.2, -0.15) is 26.7 Å². The summed E-state index contributed by atoms with van der Waals surface area (Å²) in [4.78, 5) is 17.0. The molecule has 0 bridgehead atoms. The van der Waals surface area contributed by atoms with Crippen molar-refractivity contribution in [3.05, 3.63) is 12.8 Å². The first kappa shape index (κ1) is 30.3. The molecule has 0 rings (SSSR count). The van der Waals surface area contributed by atoms with Crippen LogP contribution in [0.15, 0.2) is 0 Å². The Morgan fingerprint density at radius 2 is 1.05 bits per heavy atom. The Balaban J connectivity index is -0.000000107. The molecule has 0 aliphatic heterocycles. The predicted octanol–water partition coefficient (Wildman–Crippen LogP) is 4.73. The molecule has 0 amide bonds. The molecule has 5 heteroatoms. The SMILES string of the molecule is C[CH-]CCCCCC.C[CH-]CCCCCC.O=[P+]([O-])[O-].[Nd]. The van der Waals surface area contributed by atoms with Crippen molar-refractivity contribution in [2.45, 2.75) is 91.9 Å². The molecule has 0 aliphatic carbocycles. The maximum atomic E-state index is 8.48. The van der Waals surface area contributed by atoms with E-state index < -0.39 is 8.25 Å². The molecular weight excluding hydrogens is 415 g/mol. The van der Waals surface area contributed by atoms with E-state index in [1.165, 1.54) is 64.2 Å². The van der Waals surface area contributed by atoms with E-state index >= 15 is 0 Å². The standard InChI is InChI=1S/2C8H17.Nd.HO3P/c2*1-3-5-7-8-6-4-2;;1-4(2)3/h2*3H,4-8H2,1-2H3;;(H,1,2,3)/q2*-1;;/p-1. The zero-order valence-corrected chi connectivity index (χ0v) is 18.5. The van der Waals surface area contributed by atoms with Crippen molar-refractivity contribution < 1.29 is 55.2 Å². The van der Waals surface area contributed by atoms with E-state index in [2.05, 4.69) is 40.5 Å². The smallest absolute Gasteiger partial charge is 0.276 e. The summed E-state index contributed by atoms with van der Waals surface area (Å²) in [6.45, 7) is 8.75. The normalized spacial score (nSPS) is 8.67. The van der Waals surface area contributed by atoms with Crippen LogP contribution in [0.2, 0.25) is 0 Å². The second-order valence-electron chi connectivity index (χ2n) is 4.74. The maximum Gasteiger partial charge on any atom is 0.276 e. The van der Waals surface area contributed by atoms with Crippen molar-refractivity contribution in [3.63, 3.8) is 0 Å². The number of hydrogen-bond donors (Lipinski definition) is 0. The predicted molar refractivity (Wildman–Crippen MR) is 85.1 cm³/mol. The van der Waals surface area contributed by atoms with Gasteiger partial charge in [-0.15, -0.1) is 0 Å². The summed E-state index contributed by atoms with van der Waals surface area (Å²) >= 11 is 0. The fraction of sp³-hybridized carbons (Fsp3) is 0.875. The van der Waals surface area contributed by atoms with Gasteiger partial charge in [0.1, 0.15) is 0 Å². The second kappa shape index (κ2) is 33.1. The topological polar surface area (TPSA) is 63.2 Å². The van der Waals surface area contributed by atoms with Gasteiger partial charge in [-0.25, -0.2) is 0 Å². The minimum absolute atomic E-state index is 0. The van der Waals surface area contributed by atoms with Gasteiger partial charge in [0.05, 0.1) is 0 Å². The van der Waals surface area contributed by atoms with Crippen LogP contribution in [0.5, 0.6) is 0 Å².